The lowest BCUT2D eigenvalue weighted by Gasteiger charge is -2.26. The summed E-state index contributed by atoms with van der Waals surface area (Å²) in [5.41, 5.74) is 0.635. The summed E-state index contributed by atoms with van der Waals surface area (Å²) in [6, 6.07) is 6.17. The first kappa shape index (κ1) is 13.6. The van der Waals surface area contributed by atoms with Crippen molar-refractivity contribution in [1.82, 2.24) is 19.7 Å². The van der Waals surface area contributed by atoms with Crippen LogP contribution in [0, 0.1) is 25.2 Å². The van der Waals surface area contributed by atoms with Crippen molar-refractivity contribution in [3.8, 4) is 6.07 Å². The fraction of sp³-hybridized carbons (Fsp3) is 0.467. The molecule has 0 bridgehead atoms. The molecular formula is C15H18N6. The van der Waals surface area contributed by atoms with E-state index in [9.17, 15) is 5.26 Å². The molecule has 108 valence electrons. The molecule has 1 fully saturated rings. The second kappa shape index (κ2) is 5.52. The summed E-state index contributed by atoms with van der Waals surface area (Å²) < 4.78 is 1.95. The maximum absolute atomic E-state index is 9.26. The van der Waals surface area contributed by atoms with Crippen molar-refractivity contribution in [2.75, 3.05) is 11.4 Å². The molecule has 1 unspecified atom stereocenters. The maximum Gasteiger partial charge on any atom is 0.147 e. The van der Waals surface area contributed by atoms with Crippen LogP contribution in [-0.4, -0.2) is 32.3 Å². The second-order valence-corrected chi connectivity index (χ2v) is 5.36. The van der Waals surface area contributed by atoms with E-state index in [4.69, 9.17) is 0 Å². The Hall–Kier alpha value is -2.42. The normalized spacial score (nSPS) is 18.0. The summed E-state index contributed by atoms with van der Waals surface area (Å²) in [5.74, 6) is 2.52. The van der Waals surface area contributed by atoms with Gasteiger partial charge in [-0.2, -0.15) is 10.4 Å². The van der Waals surface area contributed by atoms with Crippen molar-refractivity contribution < 1.29 is 0 Å². The summed E-state index contributed by atoms with van der Waals surface area (Å²) in [6.07, 6.45) is 3.94. The number of aromatic nitrogens is 4. The molecule has 0 spiro atoms. The van der Waals surface area contributed by atoms with E-state index >= 15 is 0 Å². The number of pyridine rings is 1. The topological polar surface area (TPSA) is 70.6 Å². The lowest BCUT2D eigenvalue weighted by molar-refractivity contribution is 0.495. The van der Waals surface area contributed by atoms with Crippen LogP contribution in [0.5, 0.6) is 0 Å². The van der Waals surface area contributed by atoms with Crippen LogP contribution in [-0.2, 0) is 6.54 Å². The van der Waals surface area contributed by atoms with Gasteiger partial charge in [-0.1, -0.05) is 0 Å². The van der Waals surface area contributed by atoms with Gasteiger partial charge in [0, 0.05) is 12.7 Å². The Kier molecular flexibility index (Phi) is 3.57. The van der Waals surface area contributed by atoms with E-state index in [-0.39, 0.29) is 0 Å². The van der Waals surface area contributed by atoms with Gasteiger partial charge in [0.15, 0.2) is 0 Å². The van der Waals surface area contributed by atoms with Gasteiger partial charge >= 0.3 is 0 Å². The molecular weight excluding hydrogens is 264 g/mol. The molecule has 6 heteroatoms. The predicted octanol–water partition coefficient (Wildman–Crippen LogP) is 1.83. The minimum absolute atomic E-state index is 0.312. The van der Waals surface area contributed by atoms with Gasteiger partial charge in [-0.25, -0.2) is 14.6 Å². The lowest BCUT2D eigenvalue weighted by atomic mass is 10.2. The van der Waals surface area contributed by atoms with Crippen molar-refractivity contribution in [3.05, 3.63) is 35.5 Å². The molecule has 1 saturated heterocycles. The van der Waals surface area contributed by atoms with E-state index in [2.05, 4.69) is 26.0 Å². The van der Waals surface area contributed by atoms with Crippen LogP contribution in [0.15, 0.2) is 18.3 Å². The molecule has 3 rings (SSSR count). The Bertz CT molecular complexity index is 684. The van der Waals surface area contributed by atoms with E-state index in [0.717, 1.165) is 43.4 Å². The molecule has 2 aromatic rings. The van der Waals surface area contributed by atoms with Crippen LogP contribution in [0.3, 0.4) is 0 Å². The first-order valence-corrected chi connectivity index (χ1v) is 7.19. The average molecular weight is 282 g/mol. The van der Waals surface area contributed by atoms with E-state index in [1.807, 2.05) is 24.6 Å². The van der Waals surface area contributed by atoms with Crippen molar-refractivity contribution in [1.29, 1.82) is 5.26 Å². The number of anilines is 1. The number of nitrogens with zero attached hydrogens (tertiary/aromatic N) is 6. The standard InChI is InChI=1S/C15H18N6/c1-11-18-12(2)21(19-11)10-14-6-4-8-20(14)15-13(9-16)5-3-7-17-15/h3,5,7,14H,4,6,8,10H2,1-2H3. The molecule has 3 heterocycles. The zero-order chi connectivity index (χ0) is 14.8. The third-order valence-corrected chi connectivity index (χ3v) is 3.90. The van der Waals surface area contributed by atoms with Crippen LogP contribution < -0.4 is 4.90 Å². The number of aryl methyl sites for hydroxylation is 2. The highest BCUT2D eigenvalue weighted by Crippen LogP contribution is 2.27. The number of nitriles is 1. The molecule has 21 heavy (non-hydrogen) atoms. The van der Waals surface area contributed by atoms with Gasteiger partial charge in [-0.05, 0) is 38.8 Å². The molecule has 1 atom stereocenters. The van der Waals surface area contributed by atoms with Crippen LogP contribution in [0.2, 0.25) is 0 Å². The smallest absolute Gasteiger partial charge is 0.147 e. The molecule has 0 amide bonds. The van der Waals surface area contributed by atoms with E-state index in [1.165, 1.54) is 0 Å². The van der Waals surface area contributed by atoms with Gasteiger partial charge in [0.2, 0.25) is 0 Å². The number of hydrogen-bond donors (Lipinski definition) is 0. The highest BCUT2D eigenvalue weighted by Gasteiger charge is 2.28. The molecule has 1 aliphatic heterocycles. The van der Waals surface area contributed by atoms with Crippen molar-refractivity contribution in [2.45, 2.75) is 39.3 Å². The highest BCUT2D eigenvalue weighted by molar-refractivity contribution is 5.54. The van der Waals surface area contributed by atoms with E-state index < -0.39 is 0 Å². The fourth-order valence-corrected chi connectivity index (χ4v) is 2.95. The van der Waals surface area contributed by atoms with E-state index in [1.54, 1.807) is 12.3 Å². The average Bonchev–Trinajstić information content (AvgIpc) is 3.06. The van der Waals surface area contributed by atoms with Crippen LogP contribution in [0.1, 0.15) is 30.1 Å². The summed E-state index contributed by atoms with van der Waals surface area (Å²) >= 11 is 0. The first-order chi connectivity index (χ1) is 10.2. The van der Waals surface area contributed by atoms with Crippen LogP contribution in [0.25, 0.3) is 0 Å². The molecule has 1 aliphatic rings. The number of hydrogen-bond acceptors (Lipinski definition) is 5. The third-order valence-electron chi connectivity index (χ3n) is 3.90. The minimum Gasteiger partial charge on any atom is -0.351 e. The summed E-state index contributed by atoms with van der Waals surface area (Å²) in [7, 11) is 0. The Morgan fingerprint density at radius 3 is 3.00 bits per heavy atom. The lowest BCUT2D eigenvalue weighted by Crippen LogP contribution is -2.34. The van der Waals surface area contributed by atoms with Crippen LogP contribution >= 0.6 is 0 Å². The first-order valence-electron chi connectivity index (χ1n) is 7.19. The van der Waals surface area contributed by atoms with Crippen molar-refractivity contribution in [2.24, 2.45) is 0 Å². The largest absolute Gasteiger partial charge is 0.351 e. The van der Waals surface area contributed by atoms with Crippen LogP contribution in [0.4, 0.5) is 5.82 Å². The molecule has 0 radical (unpaired) electrons. The quantitative estimate of drug-likeness (QED) is 0.859. The zero-order valence-corrected chi connectivity index (χ0v) is 12.3. The second-order valence-electron chi connectivity index (χ2n) is 5.36. The van der Waals surface area contributed by atoms with Gasteiger partial charge in [-0.15, -0.1) is 0 Å². The molecule has 0 aliphatic carbocycles. The predicted molar refractivity (Wildman–Crippen MR) is 78.8 cm³/mol. The molecule has 6 nitrogen and oxygen atoms in total. The zero-order valence-electron chi connectivity index (χ0n) is 12.3. The van der Waals surface area contributed by atoms with Gasteiger partial charge in [-0.3, -0.25) is 0 Å². The summed E-state index contributed by atoms with van der Waals surface area (Å²) in [4.78, 5) is 11.0. The summed E-state index contributed by atoms with van der Waals surface area (Å²) in [6.45, 7) is 5.60. The SMILES string of the molecule is Cc1nc(C)n(CC2CCCN2c2ncccc2C#N)n1. The van der Waals surface area contributed by atoms with E-state index in [0.29, 0.717) is 11.6 Å². The summed E-state index contributed by atoms with van der Waals surface area (Å²) in [5, 5.41) is 13.7. The van der Waals surface area contributed by atoms with Gasteiger partial charge in [0.1, 0.15) is 23.5 Å². The Morgan fingerprint density at radius 2 is 2.29 bits per heavy atom. The van der Waals surface area contributed by atoms with Crippen molar-refractivity contribution >= 4 is 5.82 Å². The fourth-order valence-electron chi connectivity index (χ4n) is 2.95. The monoisotopic (exact) mass is 282 g/mol. The Labute approximate surface area is 124 Å². The van der Waals surface area contributed by atoms with Gasteiger partial charge in [0.25, 0.3) is 0 Å². The highest BCUT2D eigenvalue weighted by atomic mass is 15.4. The minimum atomic E-state index is 0.312. The molecule has 2 aromatic heterocycles. The molecule has 0 saturated carbocycles. The molecule has 0 N–H and O–H groups in total. The van der Waals surface area contributed by atoms with Gasteiger partial charge < -0.3 is 4.90 Å². The Morgan fingerprint density at radius 1 is 1.43 bits per heavy atom. The van der Waals surface area contributed by atoms with Gasteiger partial charge in [0.05, 0.1) is 18.2 Å². The van der Waals surface area contributed by atoms with Crippen molar-refractivity contribution in [3.63, 3.8) is 0 Å². The Balaban J connectivity index is 1.86. The number of rotatable bonds is 3. The molecule has 0 aromatic carbocycles. The maximum atomic E-state index is 9.26. The third kappa shape index (κ3) is 2.59.